The topological polar surface area (TPSA) is 98.7 Å². The number of nitrogens with zero attached hydrogens (tertiary/aromatic N) is 2. The molecule has 0 aliphatic carbocycles. The van der Waals surface area contributed by atoms with Crippen molar-refractivity contribution in [2.45, 2.75) is 31.5 Å². The maximum absolute atomic E-state index is 10.9. The molecule has 1 unspecified atom stereocenters. The molecule has 2 aromatic rings. The number of piperidine rings is 1. The number of likely N-dealkylation sites (tertiary alicyclic amines) is 1. The molecule has 3 N–H and O–H groups in total. The molecule has 146 valence electrons. The summed E-state index contributed by atoms with van der Waals surface area (Å²) in [6.45, 7) is 2.99. The summed E-state index contributed by atoms with van der Waals surface area (Å²) >= 11 is 5.85. The van der Waals surface area contributed by atoms with Gasteiger partial charge in [-0.1, -0.05) is 23.7 Å². The summed E-state index contributed by atoms with van der Waals surface area (Å²) in [5, 5.41) is 26.5. The average molecular weight is 394 g/mol. The summed E-state index contributed by atoms with van der Waals surface area (Å²) in [5.41, 5.74) is 1.95. The second-order valence-electron chi connectivity index (χ2n) is 6.88. The van der Waals surface area contributed by atoms with Crippen LogP contribution >= 0.6 is 11.6 Å². The molecule has 0 amide bonds. The van der Waals surface area contributed by atoms with Gasteiger partial charge >= 0.3 is 5.97 Å². The highest BCUT2D eigenvalue weighted by Gasteiger charge is 2.24. The molecule has 1 saturated heterocycles. The predicted molar refractivity (Wildman–Crippen MR) is 101 cm³/mol. The number of aromatic amines is 1. The van der Waals surface area contributed by atoms with Gasteiger partial charge in [0.15, 0.2) is 5.69 Å². The van der Waals surface area contributed by atoms with Gasteiger partial charge in [-0.25, -0.2) is 4.79 Å². The van der Waals surface area contributed by atoms with Crippen molar-refractivity contribution in [2.24, 2.45) is 0 Å². The van der Waals surface area contributed by atoms with Crippen molar-refractivity contribution in [1.29, 1.82) is 0 Å². The van der Waals surface area contributed by atoms with Crippen molar-refractivity contribution in [3.63, 3.8) is 0 Å². The number of hydrogen-bond donors (Lipinski definition) is 3. The zero-order valence-corrected chi connectivity index (χ0v) is 15.7. The normalized spacial score (nSPS) is 17.1. The number of hydrogen-bond acceptors (Lipinski definition) is 5. The number of ether oxygens (including phenoxy) is 1. The summed E-state index contributed by atoms with van der Waals surface area (Å²) < 4.78 is 5.59. The van der Waals surface area contributed by atoms with Gasteiger partial charge < -0.3 is 19.8 Å². The van der Waals surface area contributed by atoms with E-state index in [0.29, 0.717) is 18.2 Å². The highest BCUT2D eigenvalue weighted by Crippen LogP contribution is 2.27. The Morgan fingerprint density at radius 1 is 1.33 bits per heavy atom. The number of nitrogens with one attached hydrogen (secondary N) is 1. The van der Waals surface area contributed by atoms with Crippen LogP contribution in [0.3, 0.4) is 0 Å². The van der Waals surface area contributed by atoms with Gasteiger partial charge in [-0.2, -0.15) is 5.10 Å². The van der Waals surface area contributed by atoms with E-state index in [1.165, 1.54) is 0 Å². The Balaban J connectivity index is 1.36. The lowest BCUT2D eigenvalue weighted by atomic mass is 9.93. The van der Waals surface area contributed by atoms with Crippen molar-refractivity contribution in [3.8, 4) is 0 Å². The summed E-state index contributed by atoms with van der Waals surface area (Å²) in [6, 6.07) is 9.07. The molecule has 0 saturated carbocycles. The van der Waals surface area contributed by atoms with Crippen LogP contribution < -0.4 is 0 Å². The molecule has 0 bridgehead atoms. The number of H-pyrrole nitrogens is 1. The molecule has 1 aliphatic rings. The van der Waals surface area contributed by atoms with E-state index in [1.54, 1.807) is 6.07 Å². The number of carboxylic acids is 1. The average Bonchev–Trinajstić information content (AvgIpc) is 3.14. The fourth-order valence-electron chi connectivity index (χ4n) is 3.33. The fourth-order valence-corrected chi connectivity index (χ4v) is 3.45. The lowest BCUT2D eigenvalue weighted by Crippen LogP contribution is -2.39. The van der Waals surface area contributed by atoms with Crippen LogP contribution in [0, 0.1) is 0 Å². The van der Waals surface area contributed by atoms with E-state index in [2.05, 4.69) is 15.1 Å². The number of aliphatic hydroxyl groups is 1. The Morgan fingerprint density at radius 2 is 2.04 bits per heavy atom. The lowest BCUT2D eigenvalue weighted by Gasteiger charge is -2.32. The Hall–Kier alpha value is -1.93. The van der Waals surface area contributed by atoms with Crippen molar-refractivity contribution in [1.82, 2.24) is 15.1 Å². The van der Waals surface area contributed by atoms with Crippen LogP contribution in [0.4, 0.5) is 0 Å². The van der Waals surface area contributed by atoms with Crippen molar-refractivity contribution in [3.05, 3.63) is 52.3 Å². The minimum atomic E-state index is -1.02. The fraction of sp³-hybridized carbons (Fsp3) is 0.474. The Labute approximate surface area is 162 Å². The predicted octanol–water partition coefficient (Wildman–Crippen LogP) is 2.52. The molecule has 1 atom stereocenters. The molecule has 2 heterocycles. The van der Waals surface area contributed by atoms with Gasteiger partial charge in [-0.15, -0.1) is 0 Å². The first-order valence-electron chi connectivity index (χ1n) is 9.02. The lowest BCUT2D eigenvalue weighted by molar-refractivity contribution is 0.00615. The van der Waals surface area contributed by atoms with Gasteiger partial charge in [-0.3, -0.25) is 5.10 Å². The van der Waals surface area contributed by atoms with E-state index < -0.39 is 12.1 Å². The smallest absolute Gasteiger partial charge is 0.356 e. The molecule has 1 fully saturated rings. The van der Waals surface area contributed by atoms with E-state index in [9.17, 15) is 9.90 Å². The highest BCUT2D eigenvalue weighted by atomic mass is 35.5. The summed E-state index contributed by atoms with van der Waals surface area (Å²) in [5.74, 6) is -0.739. The van der Waals surface area contributed by atoms with E-state index in [-0.39, 0.29) is 18.2 Å². The molecule has 0 spiro atoms. The van der Waals surface area contributed by atoms with Gasteiger partial charge in [-0.05, 0) is 49.7 Å². The molecule has 7 nitrogen and oxygen atoms in total. The minimum Gasteiger partial charge on any atom is -0.476 e. The Bertz CT molecular complexity index is 742. The van der Waals surface area contributed by atoms with Crippen LogP contribution in [0.25, 0.3) is 0 Å². The van der Waals surface area contributed by atoms with E-state index in [1.807, 2.05) is 24.3 Å². The zero-order valence-electron chi connectivity index (χ0n) is 15.0. The standard InChI is InChI=1S/C19H24ClN3O4/c20-15-3-1-13(2-4-15)11-27-12-16(24)10-23-7-5-14(6-8-23)17-9-18(19(25)26)22-21-17/h1-4,9,14,16,24H,5-8,10-12H2,(H,21,22)(H,25,26). The molecule has 3 rings (SSSR count). The second kappa shape index (κ2) is 9.32. The third-order valence-electron chi connectivity index (χ3n) is 4.81. The molecule has 1 aliphatic heterocycles. The summed E-state index contributed by atoms with van der Waals surface area (Å²) in [6.07, 6.45) is 1.26. The minimum absolute atomic E-state index is 0.0562. The van der Waals surface area contributed by atoms with Crippen molar-refractivity contribution in [2.75, 3.05) is 26.2 Å². The maximum Gasteiger partial charge on any atom is 0.356 e. The van der Waals surface area contributed by atoms with Crippen LogP contribution in [-0.2, 0) is 11.3 Å². The van der Waals surface area contributed by atoms with Crippen molar-refractivity contribution >= 4 is 17.6 Å². The number of aromatic carboxylic acids is 1. The number of aliphatic hydroxyl groups excluding tert-OH is 1. The third-order valence-corrected chi connectivity index (χ3v) is 5.06. The quantitative estimate of drug-likeness (QED) is 0.637. The summed E-state index contributed by atoms with van der Waals surface area (Å²) in [4.78, 5) is 13.1. The van der Waals surface area contributed by atoms with Crippen LogP contribution in [0.1, 0.15) is 40.5 Å². The Kier molecular flexibility index (Phi) is 6.84. The number of β-amino-alcohol motifs (C(OH)–C–C–N with tert-alkyl or cyclic N) is 1. The van der Waals surface area contributed by atoms with Crippen LogP contribution in [0.5, 0.6) is 0 Å². The molecule has 1 aromatic heterocycles. The summed E-state index contributed by atoms with van der Waals surface area (Å²) in [7, 11) is 0. The van der Waals surface area contributed by atoms with E-state index >= 15 is 0 Å². The molecule has 8 heteroatoms. The first-order valence-corrected chi connectivity index (χ1v) is 9.40. The zero-order chi connectivity index (χ0) is 19.2. The highest BCUT2D eigenvalue weighted by molar-refractivity contribution is 6.30. The SMILES string of the molecule is O=C(O)c1cc(C2CCN(CC(O)COCc3ccc(Cl)cc3)CC2)[nH]n1. The van der Waals surface area contributed by atoms with Crippen LogP contribution in [0.15, 0.2) is 30.3 Å². The first kappa shape index (κ1) is 19.8. The van der Waals surface area contributed by atoms with Crippen LogP contribution in [-0.4, -0.2) is 63.6 Å². The number of aromatic nitrogens is 2. The first-order chi connectivity index (χ1) is 13.0. The van der Waals surface area contributed by atoms with Gasteiger partial charge in [0, 0.05) is 23.2 Å². The molecular formula is C19H24ClN3O4. The van der Waals surface area contributed by atoms with E-state index in [4.69, 9.17) is 21.4 Å². The van der Waals surface area contributed by atoms with Gasteiger partial charge in [0.25, 0.3) is 0 Å². The second-order valence-corrected chi connectivity index (χ2v) is 7.32. The molecule has 27 heavy (non-hydrogen) atoms. The molecule has 0 radical (unpaired) electrons. The number of benzene rings is 1. The van der Waals surface area contributed by atoms with E-state index in [0.717, 1.165) is 37.2 Å². The van der Waals surface area contributed by atoms with Gasteiger partial charge in [0.1, 0.15) is 0 Å². The molecule has 1 aromatic carbocycles. The third kappa shape index (κ3) is 5.77. The number of rotatable bonds is 8. The maximum atomic E-state index is 10.9. The van der Waals surface area contributed by atoms with Crippen molar-refractivity contribution < 1.29 is 19.7 Å². The molecular weight excluding hydrogens is 370 g/mol. The monoisotopic (exact) mass is 393 g/mol. The number of carboxylic acid groups (broad SMARTS) is 1. The van der Waals surface area contributed by atoms with Gasteiger partial charge in [0.05, 0.1) is 19.3 Å². The van der Waals surface area contributed by atoms with Gasteiger partial charge in [0.2, 0.25) is 0 Å². The van der Waals surface area contributed by atoms with Crippen LogP contribution in [0.2, 0.25) is 5.02 Å². The number of halogens is 1. The Morgan fingerprint density at radius 3 is 2.67 bits per heavy atom. The largest absolute Gasteiger partial charge is 0.476 e. The number of carbonyl (C=O) groups is 1.